The zero-order valence-corrected chi connectivity index (χ0v) is 15.9. The summed E-state index contributed by atoms with van der Waals surface area (Å²) in [6.07, 6.45) is 2.85. The molecule has 1 N–H and O–H groups in total. The lowest BCUT2D eigenvalue weighted by molar-refractivity contribution is 0.102. The fourth-order valence-electron chi connectivity index (χ4n) is 3.38. The molecule has 0 spiro atoms. The minimum atomic E-state index is -0.0548. The van der Waals surface area contributed by atoms with E-state index in [0.717, 1.165) is 25.0 Å². The van der Waals surface area contributed by atoms with E-state index in [-0.39, 0.29) is 18.1 Å². The number of likely N-dealkylation sites (tertiary alicyclic amines) is 1. The van der Waals surface area contributed by atoms with Crippen molar-refractivity contribution in [2.45, 2.75) is 37.9 Å². The van der Waals surface area contributed by atoms with Crippen molar-refractivity contribution < 1.29 is 18.8 Å². The molecule has 1 unspecified atom stereocenters. The Balaban J connectivity index is 1.13. The topological polar surface area (TPSA) is 89.7 Å². The molecule has 2 amide bonds. The summed E-state index contributed by atoms with van der Waals surface area (Å²) in [5.74, 6) is 1.35. The molecule has 2 aliphatic rings. The third-order valence-electron chi connectivity index (χ3n) is 5.09. The summed E-state index contributed by atoms with van der Waals surface area (Å²) in [4.78, 5) is 18.3. The Labute approximate surface area is 164 Å². The number of hydrogen-bond acceptors (Lipinski definition) is 6. The average molecular weight is 386 g/mol. The van der Waals surface area contributed by atoms with Gasteiger partial charge >= 0.3 is 6.03 Å². The summed E-state index contributed by atoms with van der Waals surface area (Å²) >= 11 is 0. The van der Waals surface area contributed by atoms with Crippen LogP contribution in [-0.2, 0) is 22.5 Å². The van der Waals surface area contributed by atoms with Gasteiger partial charge in [-0.05, 0) is 18.4 Å². The van der Waals surface area contributed by atoms with Crippen LogP contribution in [0.25, 0.3) is 0 Å². The first-order valence-corrected chi connectivity index (χ1v) is 9.86. The molecule has 150 valence electrons. The van der Waals surface area contributed by atoms with E-state index in [0.29, 0.717) is 51.0 Å². The van der Waals surface area contributed by atoms with Crippen molar-refractivity contribution in [2.24, 2.45) is 0 Å². The summed E-state index contributed by atoms with van der Waals surface area (Å²) in [6.45, 7) is 3.68. The van der Waals surface area contributed by atoms with Gasteiger partial charge in [-0.25, -0.2) is 4.79 Å². The lowest BCUT2D eigenvalue weighted by Crippen LogP contribution is -2.53. The van der Waals surface area contributed by atoms with Gasteiger partial charge in [0.2, 0.25) is 5.89 Å². The van der Waals surface area contributed by atoms with E-state index in [4.69, 9.17) is 14.0 Å². The summed E-state index contributed by atoms with van der Waals surface area (Å²) in [5.41, 5.74) is 1.14. The molecule has 2 aromatic rings. The molecule has 2 saturated heterocycles. The predicted octanol–water partition coefficient (Wildman–Crippen LogP) is 2.12. The van der Waals surface area contributed by atoms with Crippen molar-refractivity contribution in [3.8, 4) is 0 Å². The second kappa shape index (κ2) is 9.16. The molecule has 8 heteroatoms. The van der Waals surface area contributed by atoms with Crippen LogP contribution in [0.15, 0.2) is 34.9 Å². The third-order valence-corrected chi connectivity index (χ3v) is 5.09. The molecular formula is C20H26N4O4. The first kappa shape index (κ1) is 18.9. The highest BCUT2D eigenvalue weighted by Crippen LogP contribution is 2.25. The minimum Gasteiger partial charge on any atom is -0.376 e. The first-order chi connectivity index (χ1) is 13.8. The van der Waals surface area contributed by atoms with Crippen LogP contribution in [0, 0.1) is 0 Å². The van der Waals surface area contributed by atoms with Gasteiger partial charge in [-0.3, -0.25) is 0 Å². The molecule has 8 nitrogen and oxygen atoms in total. The maximum Gasteiger partial charge on any atom is 0.317 e. The highest BCUT2D eigenvalue weighted by atomic mass is 16.5. The van der Waals surface area contributed by atoms with Crippen LogP contribution in [0.2, 0.25) is 0 Å². The molecule has 1 aromatic heterocycles. The number of rotatable bonds is 8. The Morgan fingerprint density at radius 3 is 2.93 bits per heavy atom. The van der Waals surface area contributed by atoms with Crippen LogP contribution >= 0.6 is 0 Å². The van der Waals surface area contributed by atoms with Gasteiger partial charge in [0.05, 0.1) is 25.2 Å². The summed E-state index contributed by atoms with van der Waals surface area (Å²) in [6, 6.07) is 9.99. The number of ether oxygens (including phenoxy) is 2. The molecule has 0 aliphatic carbocycles. The van der Waals surface area contributed by atoms with E-state index in [1.165, 1.54) is 0 Å². The fourth-order valence-corrected chi connectivity index (χ4v) is 3.38. The second-order valence-electron chi connectivity index (χ2n) is 7.26. The van der Waals surface area contributed by atoms with Gasteiger partial charge in [0, 0.05) is 32.7 Å². The lowest BCUT2D eigenvalue weighted by Gasteiger charge is -2.37. The molecule has 4 rings (SSSR count). The molecule has 2 fully saturated rings. The monoisotopic (exact) mass is 386 g/mol. The summed E-state index contributed by atoms with van der Waals surface area (Å²) in [7, 11) is 0. The van der Waals surface area contributed by atoms with Gasteiger partial charge in [0.25, 0.3) is 0 Å². The lowest BCUT2D eigenvalue weighted by atomic mass is 10.0. The van der Waals surface area contributed by atoms with Crippen molar-refractivity contribution in [2.75, 3.05) is 32.8 Å². The molecule has 1 atom stereocenters. The van der Waals surface area contributed by atoms with E-state index < -0.39 is 0 Å². The van der Waals surface area contributed by atoms with Crippen molar-refractivity contribution >= 4 is 6.03 Å². The smallest absolute Gasteiger partial charge is 0.317 e. The van der Waals surface area contributed by atoms with E-state index in [9.17, 15) is 4.79 Å². The Morgan fingerprint density at radius 1 is 1.29 bits per heavy atom. The number of carbonyl (C=O) groups is 1. The largest absolute Gasteiger partial charge is 0.376 e. The zero-order chi connectivity index (χ0) is 19.2. The minimum absolute atomic E-state index is 0.0548. The van der Waals surface area contributed by atoms with Crippen LogP contribution in [0.5, 0.6) is 0 Å². The fraction of sp³-hybridized carbons (Fsp3) is 0.550. The number of nitrogens with zero attached hydrogens (tertiary/aromatic N) is 3. The van der Waals surface area contributed by atoms with Crippen LogP contribution < -0.4 is 5.32 Å². The van der Waals surface area contributed by atoms with E-state index in [1.54, 1.807) is 4.90 Å². The predicted molar refractivity (Wildman–Crippen MR) is 101 cm³/mol. The van der Waals surface area contributed by atoms with Gasteiger partial charge in [-0.1, -0.05) is 35.5 Å². The number of amides is 2. The number of hydrogen-bond donors (Lipinski definition) is 1. The molecule has 1 aromatic carbocycles. The van der Waals surface area contributed by atoms with Crippen molar-refractivity contribution in [1.29, 1.82) is 0 Å². The highest BCUT2D eigenvalue weighted by Gasteiger charge is 2.35. The van der Waals surface area contributed by atoms with Gasteiger partial charge in [-0.15, -0.1) is 0 Å². The molecule has 2 aliphatic heterocycles. The van der Waals surface area contributed by atoms with Gasteiger partial charge in [-0.2, -0.15) is 4.98 Å². The number of benzene rings is 1. The Kier molecular flexibility index (Phi) is 6.18. The Hall–Kier alpha value is -2.45. The number of carbonyl (C=O) groups excluding carboxylic acids is 1. The Bertz CT molecular complexity index is 755. The van der Waals surface area contributed by atoms with Crippen molar-refractivity contribution in [3.05, 3.63) is 47.6 Å². The number of urea groups is 1. The molecule has 0 radical (unpaired) electrons. The standard InChI is InChI=1S/C20H26N4O4/c25-20(21-11-17-7-4-9-27-17)24-12-16(13-24)19-22-18(23-28-19)8-10-26-14-15-5-2-1-3-6-15/h1-3,5-6,16-17H,4,7-14H2,(H,21,25). The molecule has 0 bridgehead atoms. The van der Waals surface area contributed by atoms with Crippen LogP contribution in [0.3, 0.4) is 0 Å². The van der Waals surface area contributed by atoms with E-state index in [1.807, 2.05) is 30.3 Å². The Morgan fingerprint density at radius 2 is 2.14 bits per heavy atom. The van der Waals surface area contributed by atoms with Crippen LogP contribution in [0.4, 0.5) is 4.79 Å². The van der Waals surface area contributed by atoms with Crippen LogP contribution in [-0.4, -0.2) is 60.0 Å². The van der Waals surface area contributed by atoms with Gasteiger partial charge in [0.1, 0.15) is 0 Å². The number of nitrogens with one attached hydrogen (secondary N) is 1. The van der Waals surface area contributed by atoms with Crippen LogP contribution in [0.1, 0.15) is 36.0 Å². The quantitative estimate of drug-likeness (QED) is 0.699. The summed E-state index contributed by atoms with van der Waals surface area (Å²) < 4.78 is 16.5. The maximum absolute atomic E-state index is 12.1. The first-order valence-electron chi connectivity index (χ1n) is 9.86. The number of aromatic nitrogens is 2. The zero-order valence-electron chi connectivity index (χ0n) is 15.9. The third kappa shape index (κ3) is 4.88. The summed E-state index contributed by atoms with van der Waals surface area (Å²) in [5, 5.41) is 6.95. The maximum atomic E-state index is 12.1. The second-order valence-corrected chi connectivity index (χ2v) is 7.26. The molecular weight excluding hydrogens is 360 g/mol. The SMILES string of the molecule is O=C(NCC1CCCO1)N1CC(c2nc(CCOCc3ccccc3)no2)C1. The van der Waals surface area contributed by atoms with Gasteiger partial charge < -0.3 is 24.2 Å². The normalized spacial score (nSPS) is 19.6. The van der Waals surface area contributed by atoms with E-state index in [2.05, 4.69) is 15.5 Å². The highest BCUT2D eigenvalue weighted by molar-refractivity contribution is 5.75. The molecule has 28 heavy (non-hydrogen) atoms. The average Bonchev–Trinajstić information content (AvgIpc) is 3.35. The van der Waals surface area contributed by atoms with E-state index >= 15 is 0 Å². The van der Waals surface area contributed by atoms with Gasteiger partial charge in [0.15, 0.2) is 5.82 Å². The molecule has 0 saturated carbocycles. The van der Waals surface area contributed by atoms with Crippen molar-refractivity contribution in [1.82, 2.24) is 20.4 Å². The van der Waals surface area contributed by atoms with Crippen molar-refractivity contribution in [3.63, 3.8) is 0 Å². The molecule has 3 heterocycles.